The van der Waals surface area contributed by atoms with Gasteiger partial charge in [0.25, 0.3) is 0 Å². The average molecular weight is 610 g/mol. The van der Waals surface area contributed by atoms with Gasteiger partial charge in [-0.2, -0.15) is 4.31 Å². The molecule has 0 atom stereocenters. The number of benzene rings is 2. The number of halogens is 1. The van der Waals surface area contributed by atoms with E-state index in [1.165, 1.54) is 15.4 Å². The molecule has 40 heavy (non-hydrogen) atoms. The average Bonchev–Trinajstić information content (AvgIpc) is 2.88. The Morgan fingerprint density at radius 1 is 1.00 bits per heavy atom. The first-order chi connectivity index (χ1) is 19.1. The standard InChI is InChI=1S/C29H40ClN3O5S2/c1-3-20-39(34,35)32-16-17-33(40(36,37)21-4-2)18-19-38-26-11-6-23-12-15-31-28(27(23)22-26)29(13-5-14-29)24-7-9-25(30)10-8-24/h6-11,22,32H,3-5,12-21H2,1-2H3. The minimum atomic E-state index is -3.54. The van der Waals surface area contributed by atoms with E-state index in [0.717, 1.165) is 43.5 Å². The van der Waals surface area contributed by atoms with Crippen molar-refractivity contribution in [2.24, 2.45) is 4.99 Å². The van der Waals surface area contributed by atoms with Crippen molar-refractivity contribution in [1.29, 1.82) is 0 Å². The van der Waals surface area contributed by atoms with Crippen molar-refractivity contribution < 1.29 is 21.6 Å². The smallest absolute Gasteiger partial charge is 0.214 e. The Labute approximate surface area is 244 Å². The monoisotopic (exact) mass is 609 g/mol. The Kier molecular flexibility index (Phi) is 10.3. The fraction of sp³-hybridized carbons (Fsp3) is 0.552. The molecule has 1 aliphatic heterocycles. The van der Waals surface area contributed by atoms with E-state index in [4.69, 9.17) is 21.3 Å². The van der Waals surface area contributed by atoms with Crippen molar-refractivity contribution in [1.82, 2.24) is 9.03 Å². The van der Waals surface area contributed by atoms with Crippen LogP contribution in [-0.2, 0) is 31.9 Å². The summed E-state index contributed by atoms with van der Waals surface area (Å²) in [5, 5.41) is 0.716. The van der Waals surface area contributed by atoms with E-state index in [1.807, 2.05) is 24.3 Å². The van der Waals surface area contributed by atoms with Crippen LogP contribution in [0.1, 0.15) is 62.6 Å². The van der Waals surface area contributed by atoms with E-state index >= 15 is 0 Å². The maximum atomic E-state index is 12.9. The molecule has 220 valence electrons. The van der Waals surface area contributed by atoms with Gasteiger partial charge in [0.2, 0.25) is 20.0 Å². The molecule has 0 spiro atoms. The maximum absolute atomic E-state index is 12.9. The fourth-order valence-corrected chi connectivity index (χ4v) is 8.24. The number of hydrogen-bond acceptors (Lipinski definition) is 6. The van der Waals surface area contributed by atoms with Gasteiger partial charge in [0.15, 0.2) is 0 Å². The van der Waals surface area contributed by atoms with Crippen LogP contribution in [0, 0.1) is 0 Å². The fourth-order valence-electron chi connectivity index (χ4n) is 5.54. The summed E-state index contributed by atoms with van der Waals surface area (Å²) >= 11 is 6.17. The molecule has 1 aliphatic carbocycles. The number of rotatable bonds is 15. The second-order valence-electron chi connectivity index (χ2n) is 10.5. The second kappa shape index (κ2) is 13.3. The van der Waals surface area contributed by atoms with Crippen molar-refractivity contribution >= 4 is 37.4 Å². The van der Waals surface area contributed by atoms with Crippen LogP contribution in [0.25, 0.3) is 0 Å². The van der Waals surface area contributed by atoms with Crippen LogP contribution in [0.15, 0.2) is 47.5 Å². The zero-order chi connectivity index (χ0) is 28.8. The highest BCUT2D eigenvalue weighted by atomic mass is 35.5. The molecule has 0 bridgehead atoms. The summed E-state index contributed by atoms with van der Waals surface area (Å²) < 4.78 is 59.6. The van der Waals surface area contributed by atoms with Gasteiger partial charge in [-0.15, -0.1) is 0 Å². The maximum Gasteiger partial charge on any atom is 0.214 e. The quantitative estimate of drug-likeness (QED) is 0.319. The summed E-state index contributed by atoms with van der Waals surface area (Å²) in [6.07, 6.45) is 5.05. The lowest BCUT2D eigenvalue weighted by molar-refractivity contribution is 0.273. The lowest BCUT2D eigenvalue weighted by atomic mass is 9.59. The third-order valence-electron chi connectivity index (χ3n) is 7.67. The summed E-state index contributed by atoms with van der Waals surface area (Å²) in [6, 6.07) is 14.1. The zero-order valence-electron chi connectivity index (χ0n) is 23.4. The van der Waals surface area contributed by atoms with Gasteiger partial charge in [-0.1, -0.05) is 50.1 Å². The Morgan fingerprint density at radius 3 is 2.38 bits per heavy atom. The lowest BCUT2D eigenvalue weighted by Gasteiger charge is -2.45. The van der Waals surface area contributed by atoms with Gasteiger partial charge in [-0.3, -0.25) is 4.99 Å². The van der Waals surface area contributed by atoms with E-state index in [-0.39, 0.29) is 43.2 Å². The van der Waals surface area contributed by atoms with Crippen molar-refractivity contribution in [2.75, 3.05) is 44.3 Å². The molecule has 2 aromatic rings. The van der Waals surface area contributed by atoms with Crippen LogP contribution in [-0.4, -0.2) is 71.1 Å². The summed E-state index contributed by atoms with van der Waals surface area (Å²) in [7, 11) is -6.95. The number of ether oxygens (including phenoxy) is 1. The second-order valence-corrected chi connectivity index (χ2v) is 15.0. The van der Waals surface area contributed by atoms with Gasteiger partial charge in [0.05, 0.1) is 17.2 Å². The number of nitrogens with one attached hydrogen (secondary N) is 1. The largest absolute Gasteiger partial charge is 0.492 e. The summed E-state index contributed by atoms with van der Waals surface area (Å²) in [5.41, 5.74) is 4.53. The van der Waals surface area contributed by atoms with Crippen molar-refractivity contribution in [2.45, 2.75) is 57.8 Å². The predicted octanol–water partition coefficient (Wildman–Crippen LogP) is 4.56. The van der Waals surface area contributed by atoms with Crippen LogP contribution in [0.2, 0.25) is 5.02 Å². The van der Waals surface area contributed by atoms with Crippen LogP contribution >= 0.6 is 11.6 Å². The molecule has 4 rings (SSSR count). The molecule has 0 unspecified atom stereocenters. The van der Waals surface area contributed by atoms with Crippen LogP contribution in [0.3, 0.4) is 0 Å². The molecule has 2 aromatic carbocycles. The number of hydrogen-bond donors (Lipinski definition) is 1. The normalized spacial score (nSPS) is 16.8. The van der Waals surface area contributed by atoms with Crippen molar-refractivity contribution in [3.63, 3.8) is 0 Å². The Hall–Kier alpha value is -1.98. The number of aliphatic imine (C=N–C) groups is 1. The Morgan fingerprint density at radius 2 is 1.73 bits per heavy atom. The topological polar surface area (TPSA) is 105 Å². The lowest BCUT2D eigenvalue weighted by Crippen LogP contribution is -2.44. The minimum Gasteiger partial charge on any atom is -0.492 e. The van der Waals surface area contributed by atoms with Gasteiger partial charge in [-0.25, -0.2) is 21.6 Å². The van der Waals surface area contributed by atoms with Crippen LogP contribution in [0.4, 0.5) is 0 Å². The van der Waals surface area contributed by atoms with Gasteiger partial charge in [0, 0.05) is 42.2 Å². The number of nitrogens with zero attached hydrogens (tertiary/aromatic N) is 2. The molecule has 8 nitrogen and oxygen atoms in total. The highest BCUT2D eigenvalue weighted by Crippen LogP contribution is 2.48. The molecule has 1 heterocycles. The molecule has 0 radical (unpaired) electrons. The van der Waals surface area contributed by atoms with Gasteiger partial charge >= 0.3 is 0 Å². The predicted molar refractivity (Wildman–Crippen MR) is 162 cm³/mol. The summed E-state index contributed by atoms with van der Waals surface area (Å²) in [4.78, 5) is 5.02. The van der Waals surface area contributed by atoms with E-state index in [9.17, 15) is 16.8 Å². The number of fused-ring (bicyclic) bond motifs is 1. The van der Waals surface area contributed by atoms with Crippen LogP contribution in [0.5, 0.6) is 5.75 Å². The SMILES string of the molecule is CCCS(=O)(=O)NCCN(CCOc1ccc2c(c1)C(C1(c3ccc(Cl)cc3)CCC1)=NCC2)S(=O)(=O)CCC. The minimum absolute atomic E-state index is 0.000159. The molecule has 1 N–H and O–H groups in total. The first-order valence-corrected chi connectivity index (χ1v) is 17.8. The van der Waals surface area contributed by atoms with E-state index in [2.05, 4.69) is 22.9 Å². The molecule has 0 saturated heterocycles. The Balaban J connectivity index is 1.47. The first-order valence-electron chi connectivity index (χ1n) is 14.1. The summed E-state index contributed by atoms with van der Waals surface area (Å²) in [6.45, 7) is 4.71. The highest BCUT2D eigenvalue weighted by molar-refractivity contribution is 7.89. The number of sulfonamides is 2. The molecule has 0 aromatic heterocycles. The summed E-state index contributed by atoms with van der Waals surface area (Å²) in [5.74, 6) is 0.677. The van der Waals surface area contributed by atoms with E-state index in [0.29, 0.717) is 23.6 Å². The molecular weight excluding hydrogens is 570 g/mol. The van der Waals surface area contributed by atoms with Crippen molar-refractivity contribution in [3.8, 4) is 5.75 Å². The van der Waals surface area contributed by atoms with Gasteiger partial charge in [-0.05, 0) is 67.5 Å². The van der Waals surface area contributed by atoms with Crippen molar-refractivity contribution in [3.05, 3.63) is 64.2 Å². The molecule has 0 amide bonds. The molecule has 1 fully saturated rings. The highest BCUT2D eigenvalue weighted by Gasteiger charge is 2.45. The van der Waals surface area contributed by atoms with E-state index < -0.39 is 20.0 Å². The third kappa shape index (κ3) is 7.26. The molecule has 11 heteroatoms. The van der Waals surface area contributed by atoms with Gasteiger partial charge in [0.1, 0.15) is 12.4 Å². The van der Waals surface area contributed by atoms with E-state index in [1.54, 1.807) is 13.8 Å². The molecule has 2 aliphatic rings. The molecular formula is C29H40ClN3O5S2. The zero-order valence-corrected chi connectivity index (χ0v) is 25.8. The van der Waals surface area contributed by atoms with Gasteiger partial charge < -0.3 is 4.74 Å². The molecule has 1 saturated carbocycles. The Bertz CT molecular complexity index is 1410. The van der Waals surface area contributed by atoms with Crippen LogP contribution < -0.4 is 9.46 Å². The first kappa shape index (κ1) is 31.0. The third-order valence-corrected chi connectivity index (χ3v) is 11.6.